The second kappa shape index (κ2) is 7.92. The van der Waals surface area contributed by atoms with Crippen molar-refractivity contribution in [2.75, 3.05) is 13.1 Å². The lowest BCUT2D eigenvalue weighted by atomic mass is 9.98. The minimum Gasteiger partial charge on any atom is -0.351 e. The van der Waals surface area contributed by atoms with Crippen LogP contribution in [-0.2, 0) is 17.8 Å². The fraction of sp³-hybridized carbons (Fsp3) is 0.250. The Morgan fingerprint density at radius 1 is 1.19 bits per heavy atom. The van der Waals surface area contributed by atoms with Crippen molar-refractivity contribution in [2.45, 2.75) is 19.0 Å². The van der Waals surface area contributed by atoms with Crippen LogP contribution < -0.4 is 5.32 Å². The van der Waals surface area contributed by atoms with E-state index in [9.17, 15) is 4.79 Å². The third kappa shape index (κ3) is 3.86. The smallest absolute Gasteiger partial charge is 0.234 e. The lowest BCUT2D eigenvalue weighted by Crippen LogP contribution is -2.42. The van der Waals surface area contributed by atoms with Crippen molar-refractivity contribution < 1.29 is 4.79 Å². The summed E-state index contributed by atoms with van der Waals surface area (Å²) in [6.07, 6.45) is 1.01. The zero-order valence-electron chi connectivity index (χ0n) is 14.2. The lowest BCUT2D eigenvalue weighted by molar-refractivity contribution is -0.122. The summed E-state index contributed by atoms with van der Waals surface area (Å²) in [7, 11) is 0. The third-order valence-electron chi connectivity index (χ3n) is 4.60. The van der Waals surface area contributed by atoms with Gasteiger partial charge in [-0.05, 0) is 52.6 Å². The number of carbonyl (C=O) groups excluding carboxylic acids is 1. The first-order chi connectivity index (χ1) is 12.7. The maximum atomic E-state index is 12.6. The summed E-state index contributed by atoms with van der Waals surface area (Å²) in [5, 5.41) is 7.98. The van der Waals surface area contributed by atoms with Gasteiger partial charge < -0.3 is 5.32 Å². The van der Waals surface area contributed by atoms with Crippen LogP contribution in [0, 0.1) is 0 Å². The predicted molar refractivity (Wildman–Crippen MR) is 109 cm³/mol. The molecule has 0 bridgehead atoms. The van der Waals surface area contributed by atoms with Gasteiger partial charge in [-0.2, -0.15) is 0 Å². The monoisotopic (exact) mass is 402 g/mol. The maximum absolute atomic E-state index is 12.6. The summed E-state index contributed by atoms with van der Waals surface area (Å²) in [4.78, 5) is 17.6. The average molecular weight is 403 g/mol. The van der Waals surface area contributed by atoms with Gasteiger partial charge in [0.2, 0.25) is 5.91 Å². The molecule has 134 valence electrons. The van der Waals surface area contributed by atoms with Gasteiger partial charge in [-0.1, -0.05) is 29.8 Å². The standard InChI is InChI=1S/C20H19ClN2OS2/c21-15-4-1-3-14(11-15)12-22-19(24)13-23-8-6-17-16(7-10-26-17)20(23)18-5-2-9-25-18/h1-5,7,9-11,20H,6,8,12-13H2,(H,22,24)/t20-/m0/s1. The van der Waals surface area contributed by atoms with Crippen LogP contribution in [0.4, 0.5) is 0 Å². The Labute approximate surface area is 166 Å². The van der Waals surface area contributed by atoms with Gasteiger partial charge in [-0.15, -0.1) is 22.7 Å². The Morgan fingerprint density at radius 2 is 2.12 bits per heavy atom. The maximum Gasteiger partial charge on any atom is 0.234 e. The number of fused-ring (bicyclic) bond motifs is 1. The highest BCUT2D eigenvalue weighted by Gasteiger charge is 2.31. The van der Waals surface area contributed by atoms with Crippen molar-refractivity contribution in [3.05, 3.63) is 79.1 Å². The van der Waals surface area contributed by atoms with Crippen LogP contribution in [0.2, 0.25) is 5.02 Å². The highest BCUT2D eigenvalue weighted by Crippen LogP contribution is 2.39. The van der Waals surface area contributed by atoms with Crippen molar-refractivity contribution in [1.82, 2.24) is 10.2 Å². The molecular weight excluding hydrogens is 384 g/mol. The molecule has 0 aliphatic carbocycles. The molecule has 0 unspecified atom stereocenters. The molecule has 1 aliphatic rings. The number of benzene rings is 1. The Hall–Kier alpha value is -1.66. The zero-order valence-corrected chi connectivity index (χ0v) is 16.5. The van der Waals surface area contributed by atoms with E-state index in [2.05, 4.69) is 39.2 Å². The summed E-state index contributed by atoms with van der Waals surface area (Å²) in [5.41, 5.74) is 2.37. The van der Waals surface area contributed by atoms with E-state index < -0.39 is 0 Å². The van der Waals surface area contributed by atoms with Crippen molar-refractivity contribution in [2.24, 2.45) is 0 Å². The van der Waals surface area contributed by atoms with Crippen molar-refractivity contribution in [3.63, 3.8) is 0 Å². The van der Waals surface area contributed by atoms with Crippen molar-refractivity contribution >= 4 is 40.2 Å². The highest BCUT2D eigenvalue weighted by molar-refractivity contribution is 7.10. The van der Waals surface area contributed by atoms with Crippen molar-refractivity contribution in [1.29, 1.82) is 0 Å². The van der Waals surface area contributed by atoms with E-state index in [4.69, 9.17) is 11.6 Å². The number of amides is 1. The summed E-state index contributed by atoms with van der Waals surface area (Å²) in [6, 6.07) is 14.2. The molecule has 1 atom stereocenters. The van der Waals surface area contributed by atoms with Gasteiger partial charge in [0.1, 0.15) is 0 Å². The molecule has 26 heavy (non-hydrogen) atoms. The Bertz CT molecular complexity index is 891. The minimum absolute atomic E-state index is 0.0465. The molecule has 1 aliphatic heterocycles. The molecule has 1 amide bonds. The van der Waals surface area contributed by atoms with E-state index in [1.165, 1.54) is 15.3 Å². The molecule has 0 saturated carbocycles. The van der Waals surface area contributed by atoms with Gasteiger partial charge in [0.25, 0.3) is 0 Å². The third-order valence-corrected chi connectivity index (χ3v) is 6.76. The molecule has 0 spiro atoms. The first-order valence-electron chi connectivity index (χ1n) is 8.55. The van der Waals surface area contributed by atoms with Crippen LogP contribution in [0.3, 0.4) is 0 Å². The number of hydrogen-bond acceptors (Lipinski definition) is 4. The van der Waals surface area contributed by atoms with Crippen LogP contribution in [0.1, 0.15) is 26.9 Å². The fourth-order valence-corrected chi connectivity index (χ4v) is 5.40. The molecule has 3 nitrogen and oxygen atoms in total. The fourth-order valence-electron chi connectivity index (χ4n) is 3.41. The predicted octanol–water partition coefficient (Wildman–Crippen LogP) is 4.73. The molecule has 0 fully saturated rings. The number of hydrogen-bond donors (Lipinski definition) is 1. The van der Waals surface area contributed by atoms with E-state index in [0.29, 0.717) is 18.1 Å². The molecule has 0 radical (unpaired) electrons. The first kappa shape index (κ1) is 17.7. The summed E-state index contributed by atoms with van der Waals surface area (Å²) >= 11 is 9.59. The van der Waals surface area contributed by atoms with E-state index >= 15 is 0 Å². The second-order valence-electron chi connectivity index (χ2n) is 6.34. The number of thiophene rings is 2. The summed E-state index contributed by atoms with van der Waals surface area (Å²) < 4.78 is 0. The highest BCUT2D eigenvalue weighted by atomic mass is 35.5. The molecule has 2 aromatic heterocycles. The molecule has 1 N–H and O–H groups in total. The molecule has 1 aromatic carbocycles. The lowest BCUT2D eigenvalue weighted by Gasteiger charge is -2.34. The number of nitrogens with one attached hydrogen (secondary N) is 1. The molecule has 3 aromatic rings. The topological polar surface area (TPSA) is 32.3 Å². The van der Waals surface area contributed by atoms with Crippen LogP contribution in [0.25, 0.3) is 0 Å². The molecule has 3 heterocycles. The quantitative estimate of drug-likeness (QED) is 0.669. The number of carbonyl (C=O) groups is 1. The van der Waals surface area contributed by atoms with E-state index in [1.54, 1.807) is 11.3 Å². The van der Waals surface area contributed by atoms with Crippen LogP contribution in [0.15, 0.2) is 53.2 Å². The van der Waals surface area contributed by atoms with Gasteiger partial charge in [-0.25, -0.2) is 0 Å². The molecule has 6 heteroatoms. The Morgan fingerprint density at radius 3 is 2.92 bits per heavy atom. The second-order valence-corrected chi connectivity index (χ2v) is 8.76. The van der Waals surface area contributed by atoms with Crippen LogP contribution in [-0.4, -0.2) is 23.9 Å². The van der Waals surface area contributed by atoms with Gasteiger partial charge in [0.15, 0.2) is 0 Å². The number of nitrogens with zero attached hydrogens (tertiary/aromatic N) is 1. The molecular formula is C20H19ClN2OS2. The Balaban J connectivity index is 1.45. The van der Waals surface area contributed by atoms with Crippen LogP contribution >= 0.6 is 34.3 Å². The molecule has 4 rings (SSSR count). The van der Waals surface area contributed by atoms with Crippen molar-refractivity contribution in [3.8, 4) is 0 Å². The van der Waals surface area contributed by atoms with Gasteiger partial charge in [-0.3, -0.25) is 9.69 Å². The number of halogens is 1. The van der Waals surface area contributed by atoms with Gasteiger partial charge in [0, 0.05) is 27.9 Å². The normalized spacial score (nSPS) is 17.0. The van der Waals surface area contributed by atoms with E-state index in [0.717, 1.165) is 18.5 Å². The molecule has 0 saturated heterocycles. The largest absolute Gasteiger partial charge is 0.351 e. The number of rotatable bonds is 5. The van der Waals surface area contributed by atoms with Crippen LogP contribution in [0.5, 0.6) is 0 Å². The van der Waals surface area contributed by atoms with E-state index in [1.807, 2.05) is 35.6 Å². The van der Waals surface area contributed by atoms with E-state index in [-0.39, 0.29) is 11.9 Å². The average Bonchev–Trinajstić information content (AvgIpc) is 3.31. The SMILES string of the molecule is O=C(CN1CCc2sccc2[C@H]1c1cccs1)NCc1cccc(Cl)c1. The summed E-state index contributed by atoms with van der Waals surface area (Å²) in [6.45, 7) is 1.81. The van der Waals surface area contributed by atoms with Gasteiger partial charge in [0.05, 0.1) is 12.6 Å². The Kier molecular flexibility index (Phi) is 5.41. The minimum atomic E-state index is 0.0465. The van der Waals surface area contributed by atoms with Gasteiger partial charge >= 0.3 is 0 Å². The summed E-state index contributed by atoms with van der Waals surface area (Å²) in [5.74, 6) is 0.0465. The zero-order chi connectivity index (χ0) is 17.9. The first-order valence-corrected chi connectivity index (χ1v) is 10.7.